The third kappa shape index (κ3) is 3.06. The van der Waals surface area contributed by atoms with Crippen molar-refractivity contribution >= 4 is 11.6 Å². The Hall–Kier alpha value is -1.36. The lowest BCUT2D eigenvalue weighted by molar-refractivity contribution is 0.0903. The van der Waals surface area contributed by atoms with Crippen LogP contribution in [0.4, 0.5) is 11.6 Å². The summed E-state index contributed by atoms with van der Waals surface area (Å²) in [5.74, 6) is 1.49. The zero-order valence-electron chi connectivity index (χ0n) is 10.3. The summed E-state index contributed by atoms with van der Waals surface area (Å²) in [5.41, 5.74) is 6.94. The van der Waals surface area contributed by atoms with E-state index in [0.29, 0.717) is 11.9 Å². The molecule has 0 aliphatic carbocycles. The normalized spacial score (nSPS) is 17.0. The van der Waals surface area contributed by atoms with Crippen molar-refractivity contribution in [1.29, 1.82) is 0 Å². The molecule has 1 fully saturated rings. The van der Waals surface area contributed by atoms with Crippen LogP contribution in [0.3, 0.4) is 0 Å². The summed E-state index contributed by atoms with van der Waals surface area (Å²) in [6.45, 7) is 3.77. The number of aromatic nitrogens is 2. The number of anilines is 2. The average molecular weight is 236 g/mol. The van der Waals surface area contributed by atoms with Gasteiger partial charge in [0.2, 0.25) is 0 Å². The van der Waals surface area contributed by atoms with Gasteiger partial charge in [-0.05, 0) is 19.3 Å². The Morgan fingerprint density at radius 1 is 1.41 bits per heavy atom. The Bertz CT molecular complexity index is 364. The van der Waals surface area contributed by atoms with E-state index < -0.39 is 0 Å². The lowest BCUT2D eigenvalue weighted by Gasteiger charge is -2.24. The first kappa shape index (κ1) is 12.1. The maximum absolute atomic E-state index is 5.90. The van der Waals surface area contributed by atoms with E-state index in [-0.39, 0.29) is 0 Å². The monoisotopic (exact) mass is 236 g/mol. The van der Waals surface area contributed by atoms with Gasteiger partial charge in [0.25, 0.3) is 0 Å². The topological polar surface area (TPSA) is 73.1 Å². The van der Waals surface area contributed by atoms with E-state index in [9.17, 15) is 0 Å². The number of nitrogens with one attached hydrogen (secondary N) is 1. The summed E-state index contributed by atoms with van der Waals surface area (Å²) in [5, 5.41) is 3.46. The first-order chi connectivity index (χ1) is 8.31. The summed E-state index contributed by atoms with van der Waals surface area (Å²) >= 11 is 0. The average Bonchev–Trinajstić information content (AvgIpc) is 2.35. The van der Waals surface area contributed by atoms with E-state index in [1.165, 1.54) is 6.33 Å². The number of nitrogen functional groups attached to an aromatic ring is 1. The highest BCUT2D eigenvalue weighted by atomic mass is 16.5. The molecule has 2 rings (SSSR count). The molecule has 5 heteroatoms. The molecule has 0 aromatic carbocycles. The number of ether oxygens (including phenoxy) is 1. The van der Waals surface area contributed by atoms with Crippen LogP contribution >= 0.6 is 0 Å². The predicted octanol–water partition coefficient (Wildman–Crippen LogP) is 1.60. The van der Waals surface area contributed by atoms with Crippen molar-refractivity contribution in [1.82, 2.24) is 9.97 Å². The molecule has 1 aromatic heterocycles. The number of hydrogen-bond acceptors (Lipinski definition) is 5. The minimum absolute atomic E-state index is 0.439. The SMILES string of the molecule is CCCc1c(N)ncnc1NC1CCOCC1. The Kier molecular flexibility index (Phi) is 4.14. The molecule has 17 heavy (non-hydrogen) atoms. The van der Waals surface area contributed by atoms with Crippen molar-refractivity contribution < 1.29 is 4.74 Å². The van der Waals surface area contributed by atoms with Gasteiger partial charge >= 0.3 is 0 Å². The van der Waals surface area contributed by atoms with Crippen LogP contribution in [0.2, 0.25) is 0 Å². The van der Waals surface area contributed by atoms with Crippen LogP contribution in [0.5, 0.6) is 0 Å². The van der Waals surface area contributed by atoms with Crippen LogP contribution in [0, 0.1) is 0 Å². The van der Waals surface area contributed by atoms with Crippen LogP contribution in [0.15, 0.2) is 6.33 Å². The number of nitrogens with zero attached hydrogens (tertiary/aromatic N) is 2. The molecule has 5 nitrogen and oxygen atoms in total. The maximum atomic E-state index is 5.90. The van der Waals surface area contributed by atoms with E-state index in [4.69, 9.17) is 10.5 Å². The highest BCUT2D eigenvalue weighted by Crippen LogP contribution is 2.21. The van der Waals surface area contributed by atoms with Crippen LogP contribution in [0.25, 0.3) is 0 Å². The largest absolute Gasteiger partial charge is 0.383 e. The van der Waals surface area contributed by atoms with E-state index >= 15 is 0 Å². The fourth-order valence-corrected chi connectivity index (χ4v) is 2.08. The highest BCUT2D eigenvalue weighted by Gasteiger charge is 2.16. The van der Waals surface area contributed by atoms with Gasteiger partial charge in [0.1, 0.15) is 18.0 Å². The van der Waals surface area contributed by atoms with E-state index in [1.807, 2.05) is 0 Å². The molecule has 0 saturated carbocycles. The smallest absolute Gasteiger partial charge is 0.134 e. The molecule has 2 heterocycles. The number of rotatable bonds is 4. The first-order valence-corrected chi connectivity index (χ1v) is 6.25. The molecule has 1 saturated heterocycles. The molecule has 94 valence electrons. The second kappa shape index (κ2) is 5.82. The van der Waals surface area contributed by atoms with Crippen molar-refractivity contribution in [3.8, 4) is 0 Å². The minimum Gasteiger partial charge on any atom is -0.383 e. The Morgan fingerprint density at radius 2 is 2.18 bits per heavy atom. The maximum Gasteiger partial charge on any atom is 0.134 e. The summed E-state index contributed by atoms with van der Waals surface area (Å²) in [4.78, 5) is 8.36. The van der Waals surface area contributed by atoms with Crippen LogP contribution in [-0.4, -0.2) is 29.2 Å². The zero-order valence-corrected chi connectivity index (χ0v) is 10.3. The summed E-state index contributed by atoms with van der Waals surface area (Å²) < 4.78 is 5.34. The molecule has 3 N–H and O–H groups in total. The highest BCUT2D eigenvalue weighted by molar-refractivity contribution is 5.55. The third-order valence-electron chi connectivity index (χ3n) is 3.04. The summed E-state index contributed by atoms with van der Waals surface area (Å²) in [6.07, 6.45) is 5.53. The molecule has 0 unspecified atom stereocenters. The van der Waals surface area contributed by atoms with Crippen LogP contribution in [-0.2, 0) is 11.2 Å². The van der Waals surface area contributed by atoms with Gasteiger partial charge in [-0.2, -0.15) is 0 Å². The van der Waals surface area contributed by atoms with Crippen molar-refractivity contribution in [3.63, 3.8) is 0 Å². The minimum atomic E-state index is 0.439. The standard InChI is InChI=1S/C12H20N4O/c1-2-3-10-11(13)14-8-15-12(10)16-9-4-6-17-7-5-9/h8-9H,2-7H2,1H3,(H3,13,14,15,16). The fraction of sp³-hybridized carbons (Fsp3) is 0.667. The second-order valence-corrected chi connectivity index (χ2v) is 4.37. The van der Waals surface area contributed by atoms with Gasteiger partial charge < -0.3 is 15.8 Å². The van der Waals surface area contributed by atoms with Gasteiger partial charge in [-0.25, -0.2) is 9.97 Å². The quantitative estimate of drug-likeness (QED) is 0.830. The molecular formula is C12H20N4O. The van der Waals surface area contributed by atoms with E-state index in [2.05, 4.69) is 22.2 Å². The van der Waals surface area contributed by atoms with Crippen molar-refractivity contribution in [2.24, 2.45) is 0 Å². The van der Waals surface area contributed by atoms with Crippen LogP contribution in [0.1, 0.15) is 31.7 Å². The van der Waals surface area contributed by atoms with Crippen LogP contribution < -0.4 is 11.1 Å². The van der Waals surface area contributed by atoms with Gasteiger partial charge in [0.05, 0.1) is 0 Å². The van der Waals surface area contributed by atoms with Gasteiger partial charge in [-0.3, -0.25) is 0 Å². The third-order valence-corrected chi connectivity index (χ3v) is 3.04. The Labute approximate surface area is 102 Å². The lowest BCUT2D eigenvalue weighted by atomic mass is 10.1. The van der Waals surface area contributed by atoms with Gasteiger partial charge in [0, 0.05) is 24.8 Å². The summed E-state index contributed by atoms with van der Waals surface area (Å²) in [6, 6.07) is 0.439. The first-order valence-electron chi connectivity index (χ1n) is 6.25. The molecule has 0 bridgehead atoms. The van der Waals surface area contributed by atoms with Gasteiger partial charge in [-0.15, -0.1) is 0 Å². The molecule has 1 aliphatic heterocycles. The van der Waals surface area contributed by atoms with Gasteiger partial charge in [-0.1, -0.05) is 13.3 Å². The molecule has 1 aromatic rings. The molecule has 0 atom stereocenters. The molecule has 0 spiro atoms. The molecule has 0 amide bonds. The van der Waals surface area contributed by atoms with Crippen molar-refractivity contribution in [2.45, 2.75) is 38.6 Å². The fourth-order valence-electron chi connectivity index (χ4n) is 2.08. The predicted molar refractivity (Wildman–Crippen MR) is 67.9 cm³/mol. The number of nitrogens with two attached hydrogens (primary N) is 1. The van der Waals surface area contributed by atoms with Crippen molar-refractivity contribution in [3.05, 3.63) is 11.9 Å². The zero-order chi connectivity index (χ0) is 12.1. The molecule has 0 radical (unpaired) electrons. The Balaban J connectivity index is 2.10. The second-order valence-electron chi connectivity index (χ2n) is 4.37. The van der Waals surface area contributed by atoms with Crippen molar-refractivity contribution in [2.75, 3.05) is 24.3 Å². The van der Waals surface area contributed by atoms with E-state index in [0.717, 1.165) is 50.3 Å². The van der Waals surface area contributed by atoms with E-state index in [1.54, 1.807) is 0 Å². The van der Waals surface area contributed by atoms with Gasteiger partial charge in [0.15, 0.2) is 0 Å². The molecular weight excluding hydrogens is 216 g/mol. The Morgan fingerprint density at radius 3 is 2.88 bits per heavy atom. The lowest BCUT2D eigenvalue weighted by Crippen LogP contribution is -2.29. The molecule has 1 aliphatic rings. The summed E-state index contributed by atoms with van der Waals surface area (Å²) in [7, 11) is 0. The number of hydrogen-bond donors (Lipinski definition) is 2.